The van der Waals surface area contributed by atoms with Crippen LogP contribution in [0, 0.1) is 0 Å². The van der Waals surface area contributed by atoms with Gasteiger partial charge in [0, 0.05) is 5.92 Å². The molecule has 1 aromatic rings. The van der Waals surface area contributed by atoms with Crippen molar-refractivity contribution in [3.8, 4) is 0 Å². The number of hydrogen-bond acceptors (Lipinski definition) is 1. The first-order valence-corrected chi connectivity index (χ1v) is 6.00. The van der Waals surface area contributed by atoms with Crippen LogP contribution >= 0.6 is 0 Å². The van der Waals surface area contributed by atoms with Crippen LogP contribution in [0.5, 0.6) is 0 Å². The van der Waals surface area contributed by atoms with Crippen LogP contribution in [0.15, 0.2) is 30.3 Å². The minimum atomic E-state index is -0.459. The maximum absolute atomic E-state index is 10.6. The molecular formula is C14H20O. The molecule has 1 aromatic carbocycles. The summed E-state index contributed by atoms with van der Waals surface area (Å²) in [5, 5.41) is 10.6. The fraction of sp³-hybridized carbons (Fsp3) is 0.571. The molecule has 1 aliphatic rings. The lowest BCUT2D eigenvalue weighted by atomic mass is 9.74. The highest BCUT2D eigenvalue weighted by Gasteiger charge is 2.35. The van der Waals surface area contributed by atoms with E-state index in [4.69, 9.17) is 0 Å². The summed E-state index contributed by atoms with van der Waals surface area (Å²) in [6.07, 6.45) is 5.55. The molecule has 0 amide bonds. The van der Waals surface area contributed by atoms with Gasteiger partial charge in [0.15, 0.2) is 0 Å². The predicted octanol–water partition coefficient (Wildman–Crippen LogP) is 3.49. The van der Waals surface area contributed by atoms with Crippen molar-refractivity contribution in [3.63, 3.8) is 0 Å². The number of hydrogen-bond donors (Lipinski definition) is 1. The summed E-state index contributed by atoms with van der Waals surface area (Å²) in [5.41, 5.74) is 0.807. The van der Waals surface area contributed by atoms with Gasteiger partial charge >= 0.3 is 0 Å². The Morgan fingerprint density at radius 3 is 2.27 bits per heavy atom. The number of aliphatic hydroxyl groups is 1. The zero-order valence-electron chi connectivity index (χ0n) is 9.45. The van der Waals surface area contributed by atoms with Crippen molar-refractivity contribution in [2.24, 2.45) is 0 Å². The van der Waals surface area contributed by atoms with E-state index < -0.39 is 5.60 Å². The van der Waals surface area contributed by atoms with E-state index in [0.29, 0.717) is 0 Å². The van der Waals surface area contributed by atoms with Crippen LogP contribution in [0.2, 0.25) is 0 Å². The van der Waals surface area contributed by atoms with Gasteiger partial charge in [-0.15, -0.1) is 0 Å². The Balaban J connectivity index is 2.16. The molecule has 15 heavy (non-hydrogen) atoms. The lowest BCUT2D eigenvalue weighted by molar-refractivity contribution is -0.0168. The van der Waals surface area contributed by atoms with Crippen molar-refractivity contribution in [1.82, 2.24) is 0 Å². The van der Waals surface area contributed by atoms with Crippen molar-refractivity contribution in [2.75, 3.05) is 0 Å². The first-order valence-electron chi connectivity index (χ1n) is 6.00. The van der Waals surface area contributed by atoms with Gasteiger partial charge in [-0.05, 0) is 18.4 Å². The molecule has 0 heterocycles. The minimum Gasteiger partial charge on any atom is -0.389 e. The van der Waals surface area contributed by atoms with Gasteiger partial charge < -0.3 is 5.11 Å². The molecule has 1 saturated carbocycles. The Bertz CT molecular complexity index is 298. The largest absolute Gasteiger partial charge is 0.389 e. The maximum atomic E-state index is 10.6. The van der Waals surface area contributed by atoms with Gasteiger partial charge in [0.2, 0.25) is 0 Å². The molecule has 2 rings (SSSR count). The summed E-state index contributed by atoms with van der Waals surface area (Å²) >= 11 is 0. The zero-order chi connectivity index (χ0) is 10.7. The van der Waals surface area contributed by atoms with E-state index in [0.717, 1.165) is 12.8 Å². The highest BCUT2D eigenvalue weighted by Crippen LogP contribution is 2.39. The smallest absolute Gasteiger partial charge is 0.0713 e. The lowest BCUT2D eigenvalue weighted by Crippen LogP contribution is -2.36. The molecule has 1 nitrogen and oxygen atoms in total. The third kappa shape index (κ3) is 2.23. The minimum absolute atomic E-state index is 0.263. The average molecular weight is 204 g/mol. The Morgan fingerprint density at radius 2 is 1.67 bits per heavy atom. The summed E-state index contributed by atoms with van der Waals surface area (Å²) < 4.78 is 0. The molecular weight excluding hydrogens is 184 g/mol. The monoisotopic (exact) mass is 204 g/mol. The van der Waals surface area contributed by atoms with Crippen LogP contribution in [0.3, 0.4) is 0 Å². The van der Waals surface area contributed by atoms with Crippen LogP contribution in [0.25, 0.3) is 0 Å². The van der Waals surface area contributed by atoms with Crippen molar-refractivity contribution in [3.05, 3.63) is 35.9 Å². The van der Waals surface area contributed by atoms with Gasteiger partial charge in [0.25, 0.3) is 0 Å². The quantitative estimate of drug-likeness (QED) is 0.782. The second-order valence-electron chi connectivity index (χ2n) is 4.80. The lowest BCUT2D eigenvalue weighted by Gasteiger charge is -2.37. The maximum Gasteiger partial charge on any atom is 0.0713 e. The van der Waals surface area contributed by atoms with Crippen molar-refractivity contribution >= 4 is 0 Å². The first kappa shape index (κ1) is 10.7. The second kappa shape index (κ2) is 4.36. The molecule has 82 valence electrons. The summed E-state index contributed by atoms with van der Waals surface area (Å²) in [7, 11) is 0. The Kier molecular flexibility index (Phi) is 3.11. The van der Waals surface area contributed by atoms with Gasteiger partial charge in [0.05, 0.1) is 5.60 Å². The molecule has 1 unspecified atom stereocenters. The van der Waals surface area contributed by atoms with Crippen LogP contribution in [0.1, 0.15) is 50.5 Å². The normalized spacial score (nSPS) is 22.3. The molecule has 1 N–H and O–H groups in total. The topological polar surface area (TPSA) is 20.2 Å². The van der Waals surface area contributed by atoms with Gasteiger partial charge in [0.1, 0.15) is 0 Å². The van der Waals surface area contributed by atoms with Crippen LogP contribution < -0.4 is 0 Å². The molecule has 0 bridgehead atoms. The standard InChI is InChI=1S/C14H20O/c1-12(13-8-4-2-5-9-13)14(15)10-6-3-7-11-14/h2,4-5,8-9,12,15H,3,6-7,10-11H2,1H3. The van der Waals surface area contributed by atoms with E-state index in [1.165, 1.54) is 24.8 Å². The van der Waals surface area contributed by atoms with Crippen molar-refractivity contribution in [1.29, 1.82) is 0 Å². The fourth-order valence-electron chi connectivity index (χ4n) is 2.65. The van der Waals surface area contributed by atoms with Crippen molar-refractivity contribution < 1.29 is 5.11 Å². The van der Waals surface area contributed by atoms with E-state index in [2.05, 4.69) is 31.2 Å². The van der Waals surface area contributed by atoms with Gasteiger partial charge in [-0.2, -0.15) is 0 Å². The number of rotatable bonds is 2. The SMILES string of the molecule is CC(c1ccccc1)C1(O)CCCCC1. The highest BCUT2D eigenvalue weighted by molar-refractivity contribution is 5.22. The summed E-state index contributed by atoms with van der Waals surface area (Å²) in [6.45, 7) is 2.15. The zero-order valence-corrected chi connectivity index (χ0v) is 9.45. The summed E-state index contributed by atoms with van der Waals surface area (Å²) in [6, 6.07) is 10.4. The molecule has 1 fully saturated rings. The molecule has 0 aromatic heterocycles. The van der Waals surface area contributed by atoms with E-state index in [1.807, 2.05) is 6.07 Å². The Labute approximate surface area is 92.1 Å². The predicted molar refractivity (Wildman–Crippen MR) is 62.9 cm³/mol. The molecule has 1 heteroatoms. The summed E-state index contributed by atoms with van der Waals surface area (Å²) in [4.78, 5) is 0. The van der Waals surface area contributed by atoms with E-state index >= 15 is 0 Å². The summed E-state index contributed by atoms with van der Waals surface area (Å²) in [5.74, 6) is 0.263. The second-order valence-corrected chi connectivity index (χ2v) is 4.80. The number of benzene rings is 1. The van der Waals surface area contributed by atoms with E-state index in [9.17, 15) is 5.11 Å². The fourth-order valence-corrected chi connectivity index (χ4v) is 2.65. The highest BCUT2D eigenvalue weighted by atomic mass is 16.3. The van der Waals surface area contributed by atoms with Crippen molar-refractivity contribution in [2.45, 2.75) is 50.5 Å². The Hall–Kier alpha value is -0.820. The molecule has 0 radical (unpaired) electrons. The van der Waals surface area contributed by atoms with Gasteiger partial charge in [-0.3, -0.25) is 0 Å². The van der Waals surface area contributed by atoms with E-state index in [-0.39, 0.29) is 5.92 Å². The third-order valence-electron chi connectivity index (χ3n) is 3.82. The van der Waals surface area contributed by atoms with Gasteiger partial charge in [-0.25, -0.2) is 0 Å². The third-order valence-corrected chi connectivity index (χ3v) is 3.82. The Morgan fingerprint density at radius 1 is 1.07 bits per heavy atom. The van der Waals surface area contributed by atoms with Crippen LogP contribution in [-0.4, -0.2) is 10.7 Å². The molecule has 0 saturated heterocycles. The molecule has 1 aliphatic carbocycles. The van der Waals surface area contributed by atoms with Gasteiger partial charge in [-0.1, -0.05) is 56.5 Å². The van der Waals surface area contributed by atoms with Crippen LogP contribution in [-0.2, 0) is 0 Å². The molecule has 0 spiro atoms. The average Bonchev–Trinajstić information content (AvgIpc) is 2.30. The van der Waals surface area contributed by atoms with Crippen LogP contribution in [0.4, 0.5) is 0 Å². The molecule has 1 atom stereocenters. The molecule has 0 aliphatic heterocycles. The van der Waals surface area contributed by atoms with E-state index in [1.54, 1.807) is 0 Å². The first-order chi connectivity index (χ1) is 7.22.